The summed E-state index contributed by atoms with van der Waals surface area (Å²) in [6, 6.07) is 9.24. The molecular weight excluding hydrogens is 755 g/mol. The third kappa shape index (κ3) is 6.58. The van der Waals surface area contributed by atoms with Gasteiger partial charge in [-0.05, 0) is 117 Å². The Morgan fingerprint density at radius 1 is 1.11 bits per heavy atom. The summed E-state index contributed by atoms with van der Waals surface area (Å²) in [7, 11) is -4.01. The molecule has 8 atom stereocenters. The molecule has 304 valence electrons. The number of nitrogens with one attached hydrogen (secondary N) is 1. The number of halogens is 2. The lowest BCUT2D eigenvalue weighted by Crippen LogP contribution is -2.64. The Kier molecular flexibility index (Phi) is 10.3. The summed E-state index contributed by atoms with van der Waals surface area (Å²) in [4.78, 5) is 21.3. The second-order valence-electron chi connectivity index (χ2n) is 17.7. The minimum atomic E-state index is -4.01. The average Bonchev–Trinajstić information content (AvgIpc) is 3.30. The number of hydrogen-bond donors (Lipinski definition) is 1. The highest BCUT2D eigenvalue weighted by Gasteiger charge is 2.55. The Labute approximate surface area is 336 Å². The summed E-state index contributed by atoms with van der Waals surface area (Å²) < 4.78 is 65.5. The van der Waals surface area contributed by atoms with Gasteiger partial charge in [-0.25, -0.2) is 17.5 Å². The van der Waals surface area contributed by atoms with Crippen molar-refractivity contribution in [2.45, 2.75) is 81.6 Å². The molecule has 2 aromatic carbocycles. The van der Waals surface area contributed by atoms with Crippen LogP contribution in [0.4, 0.5) is 10.1 Å². The second-order valence-corrected chi connectivity index (χ2v) is 20.2. The van der Waals surface area contributed by atoms with Crippen molar-refractivity contribution in [2.24, 2.45) is 23.7 Å². The maximum absolute atomic E-state index is 15.7. The van der Waals surface area contributed by atoms with Crippen LogP contribution < -0.4 is 14.4 Å². The Balaban J connectivity index is 1.14. The van der Waals surface area contributed by atoms with E-state index in [0.29, 0.717) is 50.1 Å². The van der Waals surface area contributed by atoms with Gasteiger partial charge in [0.05, 0.1) is 35.8 Å². The second kappa shape index (κ2) is 14.8. The van der Waals surface area contributed by atoms with Gasteiger partial charge in [-0.1, -0.05) is 30.7 Å². The molecule has 0 unspecified atom stereocenters. The van der Waals surface area contributed by atoms with E-state index in [-0.39, 0.29) is 40.1 Å². The molecule has 2 aromatic rings. The Bertz CT molecular complexity index is 2020. The summed E-state index contributed by atoms with van der Waals surface area (Å²) in [5, 5.41) is -0.659. The number of hydrogen-bond acceptors (Lipinski definition) is 9. The molecule has 1 saturated carbocycles. The number of allylic oxidation sites excluding steroid dienone is 1. The van der Waals surface area contributed by atoms with Crippen LogP contribution in [-0.4, -0.2) is 113 Å². The minimum absolute atomic E-state index is 0.0512. The zero-order chi connectivity index (χ0) is 39.0. The third-order valence-corrected chi connectivity index (χ3v) is 17.0. The van der Waals surface area contributed by atoms with Crippen molar-refractivity contribution in [3.63, 3.8) is 0 Å². The van der Waals surface area contributed by atoms with Gasteiger partial charge in [0.2, 0.25) is 10.0 Å². The topological polar surface area (TPSA) is 101 Å². The van der Waals surface area contributed by atoms with Crippen LogP contribution in [0.1, 0.15) is 74.4 Å². The van der Waals surface area contributed by atoms with E-state index >= 15 is 4.39 Å². The van der Waals surface area contributed by atoms with E-state index in [9.17, 15) is 13.2 Å². The summed E-state index contributed by atoms with van der Waals surface area (Å²) in [6.45, 7) is 14.2. The number of anilines is 1. The molecule has 3 fully saturated rings. The Morgan fingerprint density at radius 3 is 2.73 bits per heavy atom. The maximum atomic E-state index is 15.7. The number of carbonyl (C=O) groups is 1. The summed E-state index contributed by atoms with van der Waals surface area (Å²) in [5.74, 6) is -0.0230. The molecule has 3 aliphatic carbocycles. The van der Waals surface area contributed by atoms with E-state index < -0.39 is 32.2 Å². The van der Waals surface area contributed by atoms with Gasteiger partial charge in [0.15, 0.2) is 0 Å². The molecule has 4 bridgehead atoms. The number of rotatable bonds is 4. The number of piperazine rings is 1. The fourth-order valence-corrected chi connectivity index (χ4v) is 12.8. The van der Waals surface area contributed by atoms with E-state index in [4.69, 9.17) is 25.8 Å². The number of fused-ring (bicyclic) bond motifs is 7. The number of nitrogens with zero attached hydrogens (tertiary/aromatic N) is 3. The number of benzene rings is 2. The van der Waals surface area contributed by atoms with E-state index in [1.165, 1.54) is 5.57 Å². The first-order chi connectivity index (χ1) is 26.9. The van der Waals surface area contributed by atoms with Crippen LogP contribution in [0.25, 0.3) is 0 Å². The largest absolute Gasteiger partial charge is 0.490 e. The van der Waals surface area contributed by atoms with Crippen molar-refractivity contribution in [1.29, 1.82) is 0 Å². The van der Waals surface area contributed by atoms with Gasteiger partial charge in [0.25, 0.3) is 5.91 Å². The SMILES string of the molecule is CCO[C@@]1(CN2CCN3CCOC[C@H]3C2)C2=C[C@@H](C2)[C@H](C)[C@@H](C)S(=O)(=O)NC(=O)c2ccc3c(c2)N(C[C@@H]2CC[C@H]21)C[C@@]1(CCCc2c1ccc(Cl)c2F)CO3. The average molecular weight is 811 g/mol. The van der Waals surface area contributed by atoms with Crippen LogP contribution in [0.15, 0.2) is 42.0 Å². The third-order valence-electron chi connectivity index (χ3n) is 14.8. The lowest BCUT2D eigenvalue weighted by Gasteiger charge is -2.57. The molecule has 1 spiro atoms. The number of sulfonamides is 1. The van der Waals surface area contributed by atoms with Crippen LogP contribution in [-0.2, 0) is 31.3 Å². The van der Waals surface area contributed by atoms with Crippen molar-refractivity contribution in [3.8, 4) is 5.75 Å². The van der Waals surface area contributed by atoms with Crippen LogP contribution >= 0.6 is 11.6 Å². The first-order valence-corrected chi connectivity index (χ1v) is 22.8. The number of morpholine rings is 1. The van der Waals surface area contributed by atoms with Crippen molar-refractivity contribution in [2.75, 3.05) is 77.1 Å². The summed E-state index contributed by atoms with van der Waals surface area (Å²) >= 11 is 6.33. The van der Waals surface area contributed by atoms with Crippen molar-refractivity contribution >= 4 is 33.2 Å². The van der Waals surface area contributed by atoms with Crippen molar-refractivity contribution in [1.82, 2.24) is 14.5 Å². The van der Waals surface area contributed by atoms with Gasteiger partial charge in [0.1, 0.15) is 17.2 Å². The molecule has 10 rings (SSSR count). The van der Waals surface area contributed by atoms with Gasteiger partial charge in [0, 0.05) is 69.4 Å². The predicted octanol–water partition coefficient (Wildman–Crippen LogP) is 5.81. The summed E-state index contributed by atoms with van der Waals surface area (Å²) in [6.07, 6.45) is 7.36. The lowest BCUT2D eigenvalue weighted by atomic mass is 9.57. The van der Waals surface area contributed by atoms with E-state index in [2.05, 4.69) is 32.4 Å². The van der Waals surface area contributed by atoms with Crippen LogP contribution in [0.5, 0.6) is 5.75 Å². The van der Waals surface area contributed by atoms with E-state index in [1.807, 2.05) is 13.0 Å². The zero-order valence-corrected chi connectivity index (χ0v) is 34.5. The highest BCUT2D eigenvalue weighted by Crippen LogP contribution is 2.54. The highest BCUT2D eigenvalue weighted by atomic mass is 35.5. The van der Waals surface area contributed by atoms with E-state index in [0.717, 1.165) is 89.3 Å². The minimum Gasteiger partial charge on any atom is -0.490 e. The monoisotopic (exact) mass is 810 g/mol. The van der Waals surface area contributed by atoms with Gasteiger partial charge >= 0.3 is 0 Å². The predicted molar refractivity (Wildman–Crippen MR) is 215 cm³/mol. The van der Waals surface area contributed by atoms with E-state index in [1.54, 1.807) is 31.2 Å². The molecule has 0 aromatic heterocycles. The number of amides is 1. The molecule has 0 radical (unpaired) electrons. The van der Waals surface area contributed by atoms with Crippen LogP contribution in [0, 0.1) is 29.5 Å². The maximum Gasteiger partial charge on any atom is 0.264 e. The Hall–Kier alpha value is -2.74. The molecule has 5 heterocycles. The Morgan fingerprint density at radius 2 is 1.95 bits per heavy atom. The normalized spacial score (nSPS) is 35.7. The number of ether oxygens (including phenoxy) is 3. The first kappa shape index (κ1) is 38.8. The van der Waals surface area contributed by atoms with Crippen molar-refractivity contribution in [3.05, 3.63) is 69.5 Å². The quantitative estimate of drug-likeness (QED) is 0.384. The fraction of sp³-hybridized carbons (Fsp3) is 0.651. The lowest BCUT2D eigenvalue weighted by molar-refractivity contribution is -0.132. The first-order valence-electron chi connectivity index (χ1n) is 20.9. The molecule has 2 saturated heterocycles. The molecule has 5 aliphatic heterocycles. The standard InChI is InChI=1S/C43H56ClFN4O6S/c1-4-55-43(25-47-14-15-48-16-17-53-23-33(48)22-47)32-18-31(19-32)27(2)28(3)56(51,52)46-41(50)29-8-12-39-38(20-29)49(21-30-7-9-35(30)43)24-42(26-54-39)13-5-6-34-36(42)10-11-37(44)40(34)45/h8,10-12,18,20,27-28,30-31,33,35H,4-7,9,13-17,19,21-26H2,1-3H3,(H,46,50)/t27-,28-,30+,31+,33-,35-,42+,43+/m1/s1. The smallest absolute Gasteiger partial charge is 0.264 e. The van der Waals surface area contributed by atoms with Crippen LogP contribution in [0.3, 0.4) is 0 Å². The van der Waals surface area contributed by atoms with Gasteiger partial charge in [-0.3, -0.25) is 14.6 Å². The zero-order valence-electron chi connectivity index (χ0n) is 32.9. The fourth-order valence-electron chi connectivity index (χ4n) is 11.3. The van der Waals surface area contributed by atoms with Gasteiger partial charge < -0.3 is 19.1 Å². The summed E-state index contributed by atoms with van der Waals surface area (Å²) in [5.41, 5.74) is 2.85. The molecule has 1 N–H and O–H groups in total. The van der Waals surface area contributed by atoms with Gasteiger partial charge in [-0.15, -0.1) is 0 Å². The molecule has 56 heavy (non-hydrogen) atoms. The highest BCUT2D eigenvalue weighted by molar-refractivity contribution is 7.90. The molecule has 10 nitrogen and oxygen atoms in total. The molecule has 8 aliphatic rings. The molecule has 1 amide bonds. The molecular formula is C43H56ClFN4O6S. The van der Waals surface area contributed by atoms with Crippen LogP contribution in [0.2, 0.25) is 5.02 Å². The number of carbonyl (C=O) groups excluding carboxylic acids is 1. The van der Waals surface area contributed by atoms with Gasteiger partial charge in [-0.2, -0.15) is 0 Å². The molecule has 13 heteroatoms. The van der Waals surface area contributed by atoms with Crippen molar-refractivity contribution < 1.29 is 31.8 Å².